The van der Waals surface area contributed by atoms with E-state index in [1.54, 1.807) is 22.3 Å². The number of rotatable bonds is 8. The van der Waals surface area contributed by atoms with E-state index in [1.165, 1.54) is 5.56 Å². The molecule has 0 radical (unpaired) electrons. The van der Waals surface area contributed by atoms with Gasteiger partial charge in [0.1, 0.15) is 29.3 Å². The Balaban J connectivity index is 1.26. The van der Waals surface area contributed by atoms with E-state index in [9.17, 15) is 10.2 Å². The second-order valence-electron chi connectivity index (χ2n) is 9.19. The van der Waals surface area contributed by atoms with Crippen LogP contribution in [0.3, 0.4) is 0 Å². The molecule has 4 aromatic heterocycles. The van der Waals surface area contributed by atoms with Gasteiger partial charge in [0.15, 0.2) is 0 Å². The largest absolute Gasteiger partial charge is 0.486 e. The Kier molecular flexibility index (Phi) is 6.71. The molecule has 4 heterocycles. The third-order valence-corrected chi connectivity index (χ3v) is 7.88. The van der Waals surface area contributed by atoms with Crippen LogP contribution in [0.5, 0.6) is 5.75 Å². The second-order valence-corrected chi connectivity index (χ2v) is 10.6. The molecule has 38 heavy (non-hydrogen) atoms. The number of halogens is 1. The molecule has 0 saturated heterocycles. The molecule has 0 unspecified atom stereocenters. The van der Waals surface area contributed by atoms with Gasteiger partial charge in [-0.2, -0.15) is 5.10 Å². The first-order valence-corrected chi connectivity index (χ1v) is 13.4. The van der Waals surface area contributed by atoms with Gasteiger partial charge in [0, 0.05) is 28.0 Å². The van der Waals surface area contributed by atoms with Crippen molar-refractivity contribution < 1.29 is 14.9 Å². The third-order valence-electron chi connectivity index (χ3n) is 6.41. The highest BCUT2D eigenvalue weighted by molar-refractivity contribution is 7.22. The number of nitrogens with one attached hydrogen (secondary N) is 1. The molecule has 0 aliphatic heterocycles. The zero-order valence-electron chi connectivity index (χ0n) is 20.6. The summed E-state index contributed by atoms with van der Waals surface area (Å²) in [5.74, 6) is 1.30. The van der Waals surface area contributed by atoms with Gasteiger partial charge >= 0.3 is 0 Å². The third kappa shape index (κ3) is 4.83. The van der Waals surface area contributed by atoms with E-state index in [0.29, 0.717) is 23.2 Å². The first-order valence-electron chi connectivity index (χ1n) is 12.2. The SMILES string of the molecule is Cc1cccc(COc2ccc(Nc3ncnc4sc5c(c34)CCc3nn(C[C@@H](O)CO)cc3-5)cc2Cl)n1. The predicted molar refractivity (Wildman–Crippen MR) is 147 cm³/mol. The van der Waals surface area contributed by atoms with Crippen molar-refractivity contribution in [3.8, 4) is 16.2 Å². The Hall–Kier alpha value is -3.57. The van der Waals surface area contributed by atoms with E-state index in [2.05, 4.69) is 25.4 Å². The summed E-state index contributed by atoms with van der Waals surface area (Å²) >= 11 is 8.16. The van der Waals surface area contributed by atoms with Crippen molar-refractivity contribution in [2.45, 2.75) is 39.0 Å². The van der Waals surface area contributed by atoms with E-state index in [-0.39, 0.29) is 13.2 Å². The van der Waals surface area contributed by atoms with E-state index in [0.717, 1.165) is 56.3 Å². The lowest BCUT2D eigenvalue weighted by atomic mass is 9.95. The van der Waals surface area contributed by atoms with Gasteiger partial charge in [0.05, 0.1) is 41.1 Å². The monoisotopic (exact) mass is 548 g/mol. The van der Waals surface area contributed by atoms with Gasteiger partial charge in [-0.1, -0.05) is 17.7 Å². The highest BCUT2D eigenvalue weighted by atomic mass is 35.5. The Morgan fingerprint density at radius 3 is 2.92 bits per heavy atom. The zero-order valence-corrected chi connectivity index (χ0v) is 22.1. The molecule has 194 valence electrons. The predicted octanol–water partition coefficient (Wildman–Crippen LogP) is 4.69. The average molecular weight is 549 g/mol. The fourth-order valence-electron chi connectivity index (χ4n) is 4.65. The van der Waals surface area contributed by atoms with Crippen LogP contribution >= 0.6 is 22.9 Å². The van der Waals surface area contributed by atoms with Crippen LogP contribution < -0.4 is 10.1 Å². The van der Waals surface area contributed by atoms with E-state index in [1.807, 2.05) is 49.5 Å². The van der Waals surface area contributed by atoms with Gasteiger partial charge in [-0.15, -0.1) is 11.3 Å². The summed E-state index contributed by atoms with van der Waals surface area (Å²) in [5.41, 5.74) is 5.77. The number of aryl methyl sites for hydroxylation is 3. The Labute approximate surface area is 227 Å². The molecular weight excluding hydrogens is 524 g/mol. The molecule has 1 atom stereocenters. The maximum Gasteiger partial charge on any atom is 0.142 e. The van der Waals surface area contributed by atoms with Gasteiger partial charge < -0.3 is 20.3 Å². The number of pyridine rings is 1. The lowest BCUT2D eigenvalue weighted by Gasteiger charge is -2.13. The summed E-state index contributed by atoms with van der Waals surface area (Å²) in [6, 6.07) is 11.4. The van der Waals surface area contributed by atoms with Gasteiger partial charge in [-0.3, -0.25) is 9.67 Å². The topological polar surface area (TPSA) is 118 Å². The molecule has 0 fully saturated rings. The molecule has 9 nitrogen and oxygen atoms in total. The van der Waals surface area contributed by atoms with Crippen molar-refractivity contribution in [3.63, 3.8) is 0 Å². The number of aliphatic hydroxyl groups is 2. The highest BCUT2D eigenvalue weighted by Gasteiger charge is 2.26. The van der Waals surface area contributed by atoms with Crippen LogP contribution in [0.25, 0.3) is 20.7 Å². The number of ether oxygens (including phenoxy) is 1. The van der Waals surface area contributed by atoms with Crippen LogP contribution in [0, 0.1) is 6.92 Å². The fraction of sp³-hybridized carbons (Fsp3) is 0.259. The number of thiophene rings is 1. The summed E-state index contributed by atoms with van der Waals surface area (Å²) in [6.45, 7) is 2.23. The van der Waals surface area contributed by atoms with Crippen LogP contribution in [0.15, 0.2) is 48.9 Å². The van der Waals surface area contributed by atoms with Crippen molar-refractivity contribution in [2.24, 2.45) is 0 Å². The summed E-state index contributed by atoms with van der Waals surface area (Å²) in [5, 5.41) is 28.5. The lowest BCUT2D eigenvalue weighted by Crippen LogP contribution is -2.20. The smallest absolute Gasteiger partial charge is 0.142 e. The highest BCUT2D eigenvalue weighted by Crippen LogP contribution is 2.45. The zero-order chi connectivity index (χ0) is 26.2. The minimum atomic E-state index is -0.845. The second kappa shape index (κ2) is 10.3. The summed E-state index contributed by atoms with van der Waals surface area (Å²) in [7, 11) is 0. The number of nitrogens with zero attached hydrogens (tertiary/aromatic N) is 5. The van der Waals surface area contributed by atoms with Crippen molar-refractivity contribution in [1.29, 1.82) is 0 Å². The van der Waals surface area contributed by atoms with Crippen molar-refractivity contribution >= 4 is 44.7 Å². The molecule has 0 spiro atoms. The maximum atomic E-state index is 9.83. The quantitative estimate of drug-likeness (QED) is 0.256. The number of aliphatic hydroxyl groups excluding tert-OH is 2. The first-order chi connectivity index (χ1) is 18.5. The lowest BCUT2D eigenvalue weighted by molar-refractivity contribution is 0.0782. The van der Waals surface area contributed by atoms with E-state index < -0.39 is 6.10 Å². The Morgan fingerprint density at radius 2 is 2.11 bits per heavy atom. The number of anilines is 2. The van der Waals surface area contributed by atoms with Gasteiger partial charge in [0.2, 0.25) is 0 Å². The normalized spacial score (nSPS) is 13.3. The number of hydrogen-bond acceptors (Lipinski definition) is 9. The Morgan fingerprint density at radius 1 is 1.21 bits per heavy atom. The number of aromatic nitrogens is 5. The molecule has 11 heteroatoms. The minimum absolute atomic E-state index is 0.248. The van der Waals surface area contributed by atoms with E-state index in [4.69, 9.17) is 16.3 Å². The van der Waals surface area contributed by atoms with Crippen LogP contribution in [-0.2, 0) is 26.0 Å². The average Bonchev–Trinajstić information content (AvgIpc) is 3.49. The Bertz CT molecular complexity index is 1630. The van der Waals surface area contributed by atoms with Gasteiger partial charge in [-0.05, 0) is 55.7 Å². The van der Waals surface area contributed by atoms with E-state index >= 15 is 0 Å². The molecule has 3 N–H and O–H groups in total. The molecule has 1 aliphatic carbocycles. The molecule has 0 bridgehead atoms. The molecule has 6 rings (SSSR count). The van der Waals surface area contributed by atoms with Crippen LogP contribution in [0.2, 0.25) is 5.02 Å². The van der Waals surface area contributed by atoms with Crippen molar-refractivity contribution in [1.82, 2.24) is 24.7 Å². The number of fused-ring (bicyclic) bond motifs is 5. The molecule has 0 amide bonds. The minimum Gasteiger partial charge on any atom is -0.486 e. The molecule has 1 aliphatic rings. The van der Waals surface area contributed by atoms with Crippen LogP contribution in [0.4, 0.5) is 11.5 Å². The molecule has 0 saturated carbocycles. The maximum absolute atomic E-state index is 9.83. The number of benzene rings is 1. The first kappa shape index (κ1) is 24.7. The fourth-order valence-corrected chi connectivity index (χ4v) is 6.11. The van der Waals surface area contributed by atoms with Crippen molar-refractivity contribution in [3.05, 3.63) is 76.6 Å². The summed E-state index contributed by atoms with van der Waals surface area (Å²) in [4.78, 5) is 15.5. The number of hydrogen-bond donors (Lipinski definition) is 3. The summed E-state index contributed by atoms with van der Waals surface area (Å²) < 4.78 is 7.60. The summed E-state index contributed by atoms with van der Waals surface area (Å²) in [6.07, 6.45) is 4.24. The molecule has 5 aromatic rings. The van der Waals surface area contributed by atoms with Gasteiger partial charge in [0.25, 0.3) is 0 Å². The molecule has 1 aromatic carbocycles. The standard InChI is InChI=1S/C27H25ClN6O3S/c1-15-3-2-4-17(31-15)13-37-23-8-5-16(9-21(23)28)32-26-24-19-6-7-22-20(11-34(33-22)10-18(36)12-35)25(19)38-27(24)30-14-29-26/h2-5,8-9,11,14,18,35-36H,6-7,10,12-13H2,1H3,(H,29,30,32)/t18-/m1/s1. The van der Waals surface area contributed by atoms with Crippen LogP contribution in [-0.4, -0.2) is 47.7 Å². The molecular formula is C27H25ClN6O3S. The van der Waals surface area contributed by atoms with Crippen molar-refractivity contribution in [2.75, 3.05) is 11.9 Å². The van der Waals surface area contributed by atoms with Gasteiger partial charge in [-0.25, -0.2) is 9.97 Å². The van der Waals surface area contributed by atoms with Crippen LogP contribution in [0.1, 0.15) is 22.6 Å².